The third-order valence-corrected chi connectivity index (χ3v) is 3.30. The summed E-state index contributed by atoms with van der Waals surface area (Å²) in [5.41, 5.74) is -1.33. The molecule has 2 aromatic heterocycles. The van der Waals surface area contributed by atoms with E-state index in [2.05, 4.69) is 4.98 Å². The van der Waals surface area contributed by atoms with Gasteiger partial charge >= 0.3 is 0 Å². The van der Waals surface area contributed by atoms with Crippen LogP contribution in [0.3, 0.4) is 0 Å². The van der Waals surface area contributed by atoms with Crippen molar-refractivity contribution in [2.75, 3.05) is 14.1 Å². The SMILES string of the molecule is [2H]c1c([2H])c(-c2nc3c([2H])c([2H])c(C([2H])([2H])[2H])c([2H])n3c2CC(=O)N(C)C)c([2H])c([2H])c1C. The lowest BCUT2D eigenvalue weighted by atomic mass is 10.1. The van der Waals surface area contributed by atoms with E-state index in [0.29, 0.717) is 0 Å². The smallest absolute Gasteiger partial charge is 0.228 e. The van der Waals surface area contributed by atoms with Crippen LogP contribution in [0, 0.1) is 13.8 Å². The molecule has 0 aliphatic heterocycles. The van der Waals surface area contributed by atoms with Crippen molar-refractivity contribution in [3.8, 4) is 11.3 Å². The van der Waals surface area contributed by atoms with E-state index < -0.39 is 55.1 Å². The van der Waals surface area contributed by atoms with Gasteiger partial charge < -0.3 is 9.30 Å². The number of rotatable bonds is 3. The Labute approximate surface area is 150 Å². The molecule has 4 nitrogen and oxygen atoms in total. The fraction of sp³-hybridized carbons (Fsp3) is 0.263. The van der Waals surface area contributed by atoms with Gasteiger partial charge in [0.15, 0.2) is 0 Å². The second-order valence-electron chi connectivity index (χ2n) is 5.27. The van der Waals surface area contributed by atoms with Crippen molar-refractivity contribution in [1.82, 2.24) is 14.3 Å². The van der Waals surface area contributed by atoms with Gasteiger partial charge in [0.2, 0.25) is 5.91 Å². The Hall–Kier alpha value is -2.62. The molecule has 0 N–H and O–H groups in total. The molecule has 2 heterocycles. The van der Waals surface area contributed by atoms with Gasteiger partial charge in [0.1, 0.15) is 5.65 Å². The molecule has 118 valence electrons. The number of carbonyl (C=O) groups is 1. The normalized spacial score (nSPS) is 17.7. The minimum absolute atomic E-state index is 0.0580. The Kier molecular flexibility index (Phi) is 1.87. The molecule has 3 aromatic rings. The number of pyridine rings is 1. The van der Waals surface area contributed by atoms with Crippen LogP contribution in [0.15, 0.2) is 42.4 Å². The lowest BCUT2D eigenvalue weighted by molar-refractivity contribution is -0.128. The highest BCUT2D eigenvalue weighted by atomic mass is 16.2. The molecular formula is C19H21N3O. The van der Waals surface area contributed by atoms with E-state index in [-0.39, 0.29) is 40.2 Å². The molecule has 1 amide bonds. The Morgan fingerprint density at radius 2 is 1.91 bits per heavy atom. The maximum Gasteiger partial charge on any atom is 0.228 e. The number of aromatic nitrogens is 2. The van der Waals surface area contributed by atoms with Crippen molar-refractivity contribution in [1.29, 1.82) is 0 Å². The summed E-state index contributed by atoms with van der Waals surface area (Å²) < 4.78 is 82.1. The zero-order valence-electron chi connectivity index (χ0n) is 23.0. The quantitative estimate of drug-likeness (QED) is 0.743. The zero-order valence-corrected chi connectivity index (χ0v) is 13.0. The highest BCUT2D eigenvalue weighted by Gasteiger charge is 2.18. The average Bonchev–Trinajstić information content (AvgIpc) is 3.07. The number of benzene rings is 1. The first-order chi connectivity index (χ1) is 15.1. The molecule has 0 atom stereocenters. The van der Waals surface area contributed by atoms with E-state index in [1.54, 1.807) is 0 Å². The van der Waals surface area contributed by atoms with E-state index in [9.17, 15) is 4.79 Å². The number of fused-ring (bicyclic) bond motifs is 1. The van der Waals surface area contributed by atoms with Crippen LogP contribution in [-0.4, -0.2) is 34.3 Å². The van der Waals surface area contributed by atoms with Gasteiger partial charge in [-0.15, -0.1) is 0 Å². The zero-order chi connectivity index (χ0) is 25.2. The highest BCUT2D eigenvalue weighted by Crippen LogP contribution is 2.26. The van der Waals surface area contributed by atoms with Gasteiger partial charge in [0.25, 0.3) is 0 Å². The molecule has 0 spiro atoms. The van der Waals surface area contributed by atoms with Crippen LogP contribution in [0.1, 0.15) is 30.5 Å². The van der Waals surface area contributed by atoms with Gasteiger partial charge in [-0.25, -0.2) is 4.98 Å². The summed E-state index contributed by atoms with van der Waals surface area (Å²) in [4.78, 5) is 18.1. The molecule has 23 heavy (non-hydrogen) atoms. The Morgan fingerprint density at radius 1 is 1.22 bits per heavy atom. The van der Waals surface area contributed by atoms with Gasteiger partial charge in [-0.1, -0.05) is 35.8 Å². The fourth-order valence-corrected chi connectivity index (χ4v) is 2.07. The summed E-state index contributed by atoms with van der Waals surface area (Å²) in [7, 11) is 2.97. The van der Waals surface area contributed by atoms with Crippen molar-refractivity contribution in [3.05, 3.63) is 59.2 Å². The van der Waals surface area contributed by atoms with Gasteiger partial charge in [-0.2, -0.15) is 0 Å². The molecule has 0 bridgehead atoms. The summed E-state index contributed by atoms with van der Waals surface area (Å²) in [6, 6.07) is -2.77. The summed E-state index contributed by atoms with van der Waals surface area (Å²) in [5, 5.41) is 0. The minimum Gasteiger partial charge on any atom is -0.348 e. The van der Waals surface area contributed by atoms with Crippen molar-refractivity contribution >= 4 is 11.6 Å². The van der Waals surface area contributed by atoms with Crippen molar-refractivity contribution in [2.24, 2.45) is 0 Å². The van der Waals surface area contributed by atoms with Gasteiger partial charge in [0.05, 0.1) is 27.4 Å². The summed E-state index contributed by atoms with van der Waals surface area (Å²) in [6.45, 7) is -1.46. The predicted octanol–water partition coefficient (Wildman–Crippen LogP) is 3.25. The van der Waals surface area contributed by atoms with E-state index in [4.69, 9.17) is 13.7 Å². The van der Waals surface area contributed by atoms with E-state index in [1.807, 2.05) is 0 Å². The molecule has 0 saturated heterocycles. The average molecular weight is 317 g/mol. The molecular weight excluding hydrogens is 286 g/mol. The van der Waals surface area contributed by atoms with Crippen molar-refractivity contribution < 1.29 is 18.5 Å². The largest absolute Gasteiger partial charge is 0.348 e. The number of hydrogen-bond acceptors (Lipinski definition) is 2. The Bertz CT molecular complexity index is 1280. The number of carbonyl (C=O) groups excluding carboxylic acids is 1. The molecule has 4 heteroatoms. The molecule has 3 rings (SSSR count). The Balaban J connectivity index is 2.57. The summed E-state index contributed by atoms with van der Waals surface area (Å²) in [5.74, 6) is -0.461. The molecule has 0 unspecified atom stereocenters. The highest BCUT2D eigenvalue weighted by molar-refractivity contribution is 5.81. The summed E-state index contributed by atoms with van der Waals surface area (Å²) >= 11 is 0. The third kappa shape index (κ3) is 2.97. The molecule has 0 radical (unpaired) electrons. The molecule has 0 saturated carbocycles. The van der Waals surface area contributed by atoms with Crippen molar-refractivity contribution in [3.63, 3.8) is 0 Å². The molecule has 0 fully saturated rings. The van der Waals surface area contributed by atoms with E-state index in [0.717, 1.165) is 4.40 Å². The van der Waals surface area contributed by atoms with Crippen LogP contribution in [0.5, 0.6) is 0 Å². The van der Waals surface area contributed by atoms with Crippen LogP contribution in [0.4, 0.5) is 0 Å². The number of amides is 1. The fourth-order valence-electron chi connectivity index (χ4n) is 2.07. The number of hydrogen-bond donors (Lipinski definition) is 0. The van der Waals surface area contributed by atoms with Gasteiger partial charge in [0, 0.05) is 29.9 Å². The van der Waals surface area contributed by atoms with Crippen molar-refractivity contribution in [2.45, 2.75) is 20.2 Å². The van der Waals surface area contributed by atoms with Crippen LogP contribution < -0.4 is 0 Å². The number of imidazole rings is 1. The first-order valence-corrected chi connectivity index (χ1v) is 6.90. The van der Waals surface area contributed by atoms with E-state index >= 15 is 0 Å². The topological polar surface area (TPSA) is 37.6 Å². The van der Waals surface area contributed by atoms with Gasteiger partial charge in [-0.3, -0.25) is 4.79 Å². The van der Waals surface area contributed by atoms with Crippen LogP contribution in [-0.2, 0) is 11.2 Å². The maximum absolute atomic E-state index is 12.6. The Morgan fingerprint density at radius 3 is 2.57 bits per heavy atom. The maximum atomic E-state index is 12.6. The second-order valence-corrected chi connectivity index (χ2v) is 5.27. The van der Waals surface area contributed by atoms with Crippen LogP contribution in [0.2, 0.25) is 0 Å². The first-order valence-electron chi connectivity index (χ1n) is 11.9. The lowest BCUT2D eigenvalue weighted by Gasteiger charge is -2.11. The van der Waals surface area contributed by atoms with E-state index in [1.165, 1.54) is 25.9 Å². The first kappa shape index (κ1) is 7.30. The third-order valence-electron chi connectivity index (χ3n) is 3.30. The summed E-state index contributed by atoms with van der Waals surface area (Å²) in [6.07, 6.45) is -1.08. The monoisotopic (exact) mass is 317 g/mol. The molecule has 0 aliphatic rings. The van der Waals surface area contributed by atoms with Crippen LogP contribution >= 0.6 is 0 Å². The number of likely N-dealkylation sites (N-methyl/N-ethyl adjacent to an activating group) is 1. The molecule has 0 aliphatic carbocycles. The number of nitrogens with zero attached hydrogens (tertiary/aromatic N) is 3. The standard InChI is InChI=1S/C19H21N3O/c1-13-5-8-15(9-6-13)19-16(11-18(23)21(3)4)22-12-14(2)7-10-17(22)20-19/h5-10,12H,11H2,1-4H3/i2D3,5D,6D,7D,8D,9D,10D,12D. The molecule has 1 aromatic carbocycles. The minimum atomic E-state index is -2.89. The van der Waals surface area contributed by atoms with Crippen LogP contribution in [0.25, 0.3) is 16.9 Å². The lowest BCUT2D eigenvalue weighted by Crippen LogP contribution is -2.24. The second kappa shape index (κ2) is 5.88. The van der Waals surface area contributed by atoms with Gasteiger partial charge in [-0.05, 0) is 25.4 Å². The predicted molar refractivity (Wildman–Crippen MR) is 92.5 cm³/mol.